The molecule has 40 heavy (non-hydrogen) atoms. The highest BCUT2D eigenvalue weighted by atomic mass is 16.7. The van der Waals surface area contributed by atoms with Crippen molar-refractivity contribution in [3.8, 4) is 0 Å². The number of rotatable bonds is 7. The first-order valence-electron chi connectivity index (χ1n) is 14.4. The fourth-order valence-corrected chi connectivity index (χ4v) is 6.90. The molecule has 3 atom stereocenters. The summed E-state index contributed by atoms with van der Waals surface area (Å²) in [6.45, 7) is 3.56. The molecule has 3 aliphatic rings. The molecule has 3 aromatic rings. The van der Waals surface area contributed by atoms with Crippen LogP contribution in [-0.2, 0) is 21.0 Å². The van der Waals surface area contributed by atoms with Crippen LogP contribution in [0.1, 0.15) is 48.3 Å². The topological polar surface area (TPSA) is 73.3 Å². The minimum atomic E-state index is -0.934. The Labute approximate surface area is 235 Å². The summed E-state index contributed by atoms with van der Waals surface area (Å²) in [6, 6.07) is 28.9. The van der Waals surface area contributed by atoms with Gasteiger partial charge in [-0.2, -0.15) is 5.06 Å². The Kier molecular flexibility index (Phi) is 7.69. The van der Waals surface area contributed by atoms with Crippen LogP contribution in [0, 0.1) is 0 Å². The van der Waals surface area contributed by atoms with Gasteiger partial charge in [0.1, 0.15) is 6.04 Å². The van der Waals surface area contributed by atoms with E-state index >= 15 is 0 Å². The highest BCUT2D eigenvalue weighted by Crippen LogP contribution is 2.40. The van der Waals surface area contributed by atoms with Crippen molar-refractivity contribution in [1.29, 1.82) is 0 Å². The Balaban J connectivity index is 1.22. The molecule has 0 saturated carbocycles. The molecule has 0 bridgehead atoms. The highest BCUT2D eigenvalue weighted by molar-refractivity contribution is 5.91. The lowest BCUT2D eigenvalue weighted by Crippen LogP contribution is -2.54. The zero-order chi connectivity index (χ0) is 27.5. The molecule has 3 heterocycles. The number of carbonyl (C=O) groups is 2. The number of nitrogens with zero attached hydrogens (tertiary/aromatic N) is 3. The normalized spacial score (nSPS) is 25.6. The maximum atomic E-state index is 14.2. The van der Waals surface area contributed by atoms with Gasteiger partial charge in [0.05, 0.1) is 18.1 Å². The van der Waals surface area contributed by atoms with Crippen molar-refractivity contribution in [3.05, 3.63) is 108 Å². The Hall–Kier alpha value is -3.52. The summed E-state index contributed by atoms with van der Waals surface area (Å²) in [4.78, 5) is 36.9. The molecular weight excluding hydrogens is 502 g/mol. The predicted octanol–water partition coefficient (Wildman–Crippen LogP) is 4.54. The molecule has 7 heteroatoms. The van der Waals surface area contributed by atoms with Crippen molar-refractivity contribution < 1.29 is 19.5 Å². The van der Waals surface area contributed by atoms with E-state index < -0.39 is 17.9 Å². The van der Waals surface area contributed by atoms with E-state index in [0.717, 1.165) is 56.6 Å². The summed E-state index contributed by atoms with van der Waals surface area (Å²) >= 11 is 0. The van der Waals surface area contributed by atoms with Crippen LogP contribution in [0.25, 0.3) is 0 Å². The van der Waals surface area contributed by atoms with Gasteiger partial charge >= 0.3 is 5.97 Å². The molecule has 1 spiro atoms. The van der Waals surface area contributed by atoms with E-state index in [-0.39, 0.29) is 17.5 Å². The summed E-state index contributed by atoms with van der Waals surface area (Å²) in [5, 5.41) is 12.4. The number of carboxylic acids is 1. The summed E-state index contributed by atoms with van der Waals surface area (Å²) in [7, 11) is 0. The second-order valence-corrected chi connectivity index (χ2v) is 11.4. The Morgan fingerprint density at radius 2 is 1.52 bits per heavy atom. The molecule has 0 aliphatic carbocycles. The number of carbonyl (C=O) groups excluding carboxylic acids is 1. The van der Waals surface area contributed by atoms with Gasteiger partial charge in [-0.25, -0.2) is 4.79 Å². The zero-order valence-corrected chi connectivity index (χ0v) is 22.8. The largest absolute Gasteiger partial charge is 0.480 e. The third-order valence-electron chi connectivity index (χ3n) is 8.97. The van der Waals surface area contributed by atoms with E-state index in [1.165, 1.54) is 5.56 Å². The van der Waals surface area contributed by atoms with E-state index in [9.17, 15) is 14.7 Å². The quantitative estimate of drug-likeness (QED) is 0.475. The van der Waals surface area contributed by atoms with Crippen LogP contribution < -0.4 is 0 Å². The number of amides is 1. The second-order valence-electron chi connectivity index (χ2n) is 11.4. The molecule has 3 aromatic carbocycles. The Bertz CT molecular complexity index is 1270. The Morgan fingerprint density at radius 1 is 0.900 bits per heavy atom. The van der Waals surface area contributed by atoms with E-state index in [0.29, 0.717) is 13.0 Å². The van der Waals surface area contributed by atoms with E-state index in [1.807, 2.05) is 66.7 Å². The number of benzene rings is 3. The van der Waals surface area contributed by atoms with Gasteiger partial charge in [-0.15, -0.1) is 0 Å². The average Bonchev–Trinajstić information content (AvgIpc) is 3.62. The molecular formula is C33H37N3O4. The van der Waals surface area contributed by atoms with Crippen molar-refractivity contribution in [3.63, 3.8) is 0 Å². The molecule has 7 nitrogen and oxygen atoms in total. The third kappa shape index (κ3) is 5.29. The molecule has 6 rings (SSSR count). The molecule has 3 fully saturated rings. The third-order valence-corrected chi connectivity index (χ3v) is 8.97. The van der Waals surface area contributed by atoms with Crippen LogP contribution in [0.5, 0.6) is 0 Å². The van der Waals surface area contributed by atoms with Crippen LogP contribution in [0.15, 0.2) is 91.0 Å². The summed E-state index contributed by atoms with van der Waals surface area (Å²) < 4.78 is 0. The van der Waals surface area contributed by atoms with Gasteiger partial charge in [0, 0.05) is 32.2 Å². The first-order valence-corrected chi connectivity index (χ1v) is 14.4. The van der Waals surface area contributed by atoms with E-state index in [4.69, 9.17) is 4.84 Å². The molecule has 3 aliphatic heterocycles. The number of likely N-dealkylation sites (tertiary alicyclic amines) is 2. The van der Waals surface area contributed by atoms with Crippen molar-refractivity contribution in [2.75, 3.05) is 26.2 Å². The van der Waals surface area contributed by atoms with Crippen molar-refractivity contribution in [2.45, 2.75) is 55.8 Å². The molecule has 0 aromatic heterocycles. The van der Waals surface area contributed by atoms with E-state index in [1.54, 1.807) is 4.90 Å². The lowest BCUT2D eigenvalue weighted by atomic mass is 9.90. The minimum Gasteiger partial charge on any atom is -0.480 e. The standard InChI is InChI=1S/C33H37N3O4/c37-31(30(26-13-6-2-7-14-26)27-15-8-3-9-16-27)35-23-28(21-29(35)32(38)39)34-19-18-33(24-34)17-10-20-40-36(33)22-25-11-4-1-5-12-25/h1-9,11-16,28-30H,10,17-24H2,(H,38,39)/t28-,29-,33?/m0/s1. The number of aliphatic carboxylic acids is 1. The van der Waals surface area contributed by atoms with Gasteiger partial charge < -0.3 is 10.0 Å². The summed E-state index contributed by atoms with van der Waals surface area (Å²) in [6.07, 6.45) is 3.48. The van der Waals surface area contributed by atoms with Crippen molar-refractivity contribution >= 4 is 11.9 Å². The number of carboxylic acid groups (broad SMARTS) is 1. The predicted molar refractivity (Wildman–Crippen MR) is 152 cm³/mol. The monoisotopic (exact) mass is 539 g/mol. The molecule has 0 radical (unpaired) electrons. The summed E-state index contributed by atoms with van der Waals surface area (Å²) in [5.41, 5.74) is 2.88. The van der Waals surface area contributed by atoms with Gasteiger partial charge in [-0.05, 0) is 42.4 Å². The lowest BCUT2D eigenvalue weighted by Gasteiger charge is -2.44. The van der Waals surface area contributed by atoms with Gasteiger partial charge in [0.15, 0.2) is 0 Å². The fourth-order valence-electron chi connectivity index (χ4n) is 6.90. The van der Waals surface area contributed by atoms with Crippen LogP contribution in [0.4, 0.5) is 0 Å². The SMILES string of the molecule is O=C(O)[C@@H]1C[C@H](N2CCC3(CCCON3Cc3ccccc3)C2)CN1C(=O)C(c1ccccc1)c1ccccc1. The smallest absolute Gasteiger partial charge is 0.326 e. The van der Waals surface area contributed by atoms with Crippen molar-refractivity contribution in [1.82, 2.24) is 14.9 Å². The van der Waals surface area contributed by atoms with Crippen LogP contribution >= 0.6 is 0 Å². The average molecular weight is 540 g/mol. The lowest BCUT2D eigenvalue weighted by molar-refractivity contribution is -0.254. The number of hydroxylamine groups is 2. The first kappa shape index (κ1) is 26.7. The van der Waals surface area contributed by atoms with Gasteiger partial charge in [-0.1, -0.05) is 91.0 Å². The molecule has 1 unspecified atom stereocenters. The maximum absolute atomic E-state index is 14.2. The molecule has 1 N–H and O–H groups in total. The zero-order valence-electron chi connectivity index (χ0n) is 22.8. The Morgan fingerprint density at radius 3 is 2.15 bits per heavy atom. The summed E-state index contributed by atoms with van der Waals surface area (Å²) in [5.74, 6) is -1.62. The minimum absolute atomic E-state index is 0.00266. The number of hydrogen-bond acceptors (Lipinski definition) is 5. The van der Waals surface area contributed by atoms with Gasteiger partial charge in [0.25, 0.3) is 0 Å². The number of hydrogen-bond donors (Lipinski definition) is 1. The van der Waals surface area contributed by atoms with Crippen LogP contribution in [-0.4, -0.2) is 75.7 Å². The van der Waals surface area contributed by atoms with E-state index in [2.05, 4.69) is 34.2 Å². The second kappa shape index (κ2) is 11.5. The van der Waals surface area contributed by atoms with Crippen molar-refractivity contribution in [2.24, 2.45) is 0 Å². The van der Waals surface area contributed by atoms with Crippen LogP contribution in [0.3, 0.4) is 0 Å². The fraction of sp³-hybridized carbons (Fsp3) is 0.394. The van der Waals surface area contributed by atoms with Gasteiger partial charge in [-0.3, -0.25) is 14.5 Å². The molecule has 1 amide bonds. The van der Waals surface area contributed by atoms with Crippen LogP contribution in [0.2, 0.25) is 0 Å². The highest BCUT2D eigenvalue weighted by Gasteiger charge is 2.50. The maximum Gasteiger partial charge on any atom is 0.326 e. The molecule has 208 valence electrons. The first-order chi connectivity index (χ1) is 19.5. The van der Waals surface area contributed by atoms with Gasteiger partial charge in [0.2, 0.25) is 5.91 Å². The molecule has 3 saturated heterocycles.